The van der Waals surface area contributed by atoms with Crippen LogP contribution in [0.25, 0.3) is 0 Å². The monoisotopic (exact) mass is 451 g/mol. The molecule has 2 fully saturated rings. The van der Waals surface area contributed by atoms with Crippen molar-refractivity contribution in [2.45, 2.75) is 70.2 Å². The van der Waals surface area contributed by atoms with Gasteiger partial charge in [-0.05, 0) is 32.9 Å². The third kappa shape index (κ3) is 5.63. The second kappa shape index (κ2) is 9.95. The van der Waals surface area contributed by atoms with Crippen LogP contribution in [0.4, 0.5) is 0 Å². The van der Waals surface area contributed by atoms with Gasteiger partial charge in [0, 0.05) is 6.92 Å². The van der Waals surface area contributed by atoms with Crippen molar-refractivity contribution >= 4 is 17.8 Å². The largest absolute Gasteiger partial charge is 0.467 e. The number of carbonyl (C=O) groups excluding carboxylic acids is 3. The van der Waals surface area contributed by atoms with E-state index in [2.05, 4.69) is 5.32 Å². The molecule has 1 amide bonds. The number of rotatable bonds is 6. The summed E-state index contributed by atoms with van der Waals surface area (Å²) in [6.07, 6.45) is -4.47. The molecule has 10 heteroatoms. The fourth-order valence-electron chi connectivity index (χ4n) is 3.68. The molecule has 2 aliphatic heterocycles. The van der Waals surface area contributed by atoms with Gasteiger partial charge in [0.15, 0.2) is 11.9 Å². The van der Waals surface area contributed by atoms with Crippen molar-refractivity contribution in [3.63, 3.8) is 0 Å². The minimum atomic E-state index is -1.21. The van der Waals surface area contributed by atoms with E-state index >= 15 is 0 Å². The lowest BCUT2D eigenvalue weighted by Gasteiger charge is -2.51. The number of amides is 1. The van der Waals surface area contributed by atoms with Gasteiger partial charge in [0.1, 0.15) is 24.4 Å². The maximum atomic E-state index is 12.7. The topological polar surface area (TPSA) is 119 Å². The maximum absolute atomic E-state index is 12.7. The smallest absolute Gasteiger partial charge is 0.340 e. The number of nitrogens with one attached hydrogen (secondary N) is 1. The molecule has 0 spiro atoms. The van der Waals surface area contributed by atoms with Crippen molar-refractivity contribution in [2.24, 2.45) is 0 Å². The minimum absolute atomic E-state index is 0.135. The van der Waals surface area contributed by atoms with Gasteiger partial charge in [0.2, 0.25) is 12.2 Å². The SMILES string of the molecule is COC(=O)C(C)O[C@@H]1[C@@H](NC(C)=O)[C@@H](OC(=O)c2ccccc2)O[C@@H]2COC(C)(C)O[C@@H]12. The molecule has 3 rings (SSSR count). The van der Waals surface area contributed by atoms with Gasteiger partial charge in [-0.15, -0.1) is 0 Å². The molecule has 10 nitrogen and oxygen atoms in total. The fraction of sp³-hybridized carbons (Fsp3) is 0.591. The predicted molar refractivity (Wildman–Crippen MR) is 109 cm³/mol. The maximum Gasteiger partial charge on any atom is 0.340 e. The quantitative estimate of drug-likeness (QED) is 0.636. The Balaban J connectivity index is 1.91. The molecule has 176 valence electrons. The van der Waals surface area contributed by atoms with E-state index in [4.69, 9.17) is 28.4 Å². The summed E-state index contributed by atoms with van der Waals surface area (Å²) in [5, 5.41) is 2.72. The number of carbonyl (C=O) groups is 3. The number of hydrogen-bond acceptors (Lipinski definition) is 9. The average molecular weight is 451 g/mol. The molecule has 1 unspecified atom stereocenters. The average Bonchev–Trinajstić information content (AvgIpc) is 2.75. The van der Waals surface area contributed by atoms with Crippen LogP contribution in [0.3, 0.4) is 0 Å². The number of hydrogen-bond donors (Lipinski definition) is 1. The van der Waals surface area contributed by atoms with Crippen molar-refractivity contribution < 1.29 is 42.8 Å². The van der Waals surface area contributed by atoms with Crippen molar-refractivity contribution in [2.75, 3.05) is 13.7 Å². The van der Waals surface area contributed by atoms with Gasteiger partial charge in [-0.3, -0.25) is 4.79 Å². The lowest BCUT2D eigenvalue weighted by molar-refractivity contribution is -0.368. The highest BCUT2D eigenvalue weighted by Gasteiger charge is 2.54. The van der Waals surface area contributed by atoms with Crippen LogP contribution in [0.1, 0.15) is 38.1 Å². The zero-order valence-corrected chi connectivity index (χ0v) is 18.7. The first-order valence-electron chi connectivity index (χ1n) is 10.3. The summed E-state index contributed by atoms with van der Waals surface area (Å²) in [6.45, 7) is 6.45. The summed E-state index contributed by atoms with van der Waals surface area (Å²) in [5.74, 6) is -2.58. The Morgan fingerprint density at radius 3 is 2.50 bits per heavy atom. The van der Waals surface area contributed by atoms with Crippen molar-refractivity contribution in [3.8, 4) is 0 Å². The Kier molecular flexibility index (Phi) is 7.50. The Morgan fingerprint density at radius 2 is 1.88 bits per heavy atom. The van der Waals surface area contributed by atoms with Crippen LogP contribution < -0.4 is 5.32 Å². The summed E-state index contributed by atoms with van der Waals surface area (Å²) in [5.41, 5.74) is 0.317. The molecule has 0 radical (unpaired) electrons. The van der Waals surface area contributed by atoms with Crippen molar-refractivity contribution in [1.29, 1.82) is 0 Å². The highest BCUT2D eigenvalue weighted by Crippen LogP contribution is 2.35. The van der Waals surface area contributed by atoms with Gasteiger partial charge in [0.25, 0.3) is 0 Å². The number of esters is 2. The first kappa shape index (κ1) is 24.1. The van der Waals surface area contributed by atoms with Gasteiger partial charge < -0.3 is 33.7 Å². The summed E-state index contributed by atoms with van der Waals surface area (Å²) in [4.78, 5) is 36.7. The zero-order valence-electron chi connectivity index (χ0n) is 18.7. The van der Waals surface area contributed by atoms with E-state index in [0.29, 0.717) is 5.56 Å². The highest BCUT2D eigenvalue weighted by atomic mass is 16.8. The Labute approximate surface area is 186 Å². The zero-order chi connectivity index (χ0) is 23.5. The van der Waals surface area contributed by atoms with Gasteiger partial charge in [0.05, 0.1) is 19.3 Å². The Bertz CT molecular complexity index is 828. The number of methoxy groups -OCH3 is 1. The van der Waals surface area contributed by atoms with Crippen LogP contribution in [-0.2, 0) is 38.0 Å². The molecule has 2 saturated heterocycles. The van der Waals surface area contributed by atoms with Crippen LogP contribution in [0.2, 0.25) is 0 Å². The lowest BCUT2D eigenvalue weighted by atomic mass is 9.94. The van der Waals surface area contributed by atoms with E-state index in [1.54, 1.807) is 44.2 Å². The van der Waals surface area contributed by atoms with Gasteiger partial charge in [-0.2, -0.15) is 0 Å². The first-order chi connectivity index (χ1) is 15.1. The third-order valence-corrected chi connectivity index (χ3v) is 5.16. The van der Waals surface area contributed by atoms with Crippen molar-refractivity contribution in [3.05, 3.63) is 35.9 Å². The Hall–Kier alpha value is -2.53. The van der Waals surface area contributed by atoms with Crippen LogP contribution in [-0.4, -0.2) is 74.1 Å². The Morgan fingerprint density at radius 1 is 1.19 bits per heavy atom. The molecule has 0 aliphatic carbocycles. The van der Waals surface area contributed by atoms with Crippen LogP contribution in [0.15, 0.2) is 30.3 Å². The van der Waals surface area contributed by atoms with Crippen molar-refractivity contribution in [1.82, 2.24) is 5.32 Å². The molecule has 32 heavy (non-hydrogen) atoms. The summed E-state index contributed by atoms with van der Waals surface area (Å²) in [7, 11) is 1.25. The lowest BCUT2D eigenvalue weighted by Crippen LogP contribution is -2.69. The van der Waals surface area contributed by atoms with E-state index in [1.807, 2.05) is 0 Å². The summed E-state index contributed by atoms with van der Waals surface area (Å²) < 4.78 is 34.1. The predicted octanol–water partition coefficient (Wildman–Crippen LogP) is 1.17. The molecule has 6 atom stereocenters. The number of benzene rings is 1. The second-order valence-electron chi connectivity index (χ2n) is 8.10. The highest BCUT2D eigenvalue weighted by molar-refractivity contribution is 5.89. The van der Waals surface area contributed by atoms with Gasteiger partial charge in [-0.1, -0.05) is 18.2 Å². The standard InChI is InChI=1S/C22H29NO9/c1-12(19(25)27-5)29-18-16(23-13(2)24)21(31-20(26)14-9-7-6-8-10-14)30-15-11-28-22(3,4)32-17(15)18/h6-10,12,15-18,21H,11H2,1-5H3,(H,23,24)/t12?,15-,16-,17-,18-,21-/m1/s1. The normalized spacial score (nSPS) is 29.8. The minimum Gasteiger partial charge on any atom is -0.467 e. The number of ether oxygens (including phenoxy) is 6. The van der Waals surface area contributed by atoms with E-state index in [1.165, 1.54) is 21.0 Å². The van der Waals surface area contributed by atoms with E-state index in [9.17, 15) is 14.4 Å². The van der Waals surface area contributed by atoms with Gasteiger partial charge >= 0.3 is 11.9 Å². The molecule has 0 aromatic heterocycles. The van der Waals surface area contributed by atoms with E-state index < -0.39 is 60.4 Å². The van der Waals surface area contributed by atoms with Gasteiger partial charge in [-0.25, -0.2) is 9.59 Å². The summed E-state index contributed by atoms with van der Waals surface area (Å²) in [6, 6.07) is 7.43. The molecule has 1 N–H and O–H groups in total. The summed E-state index contributed by atoms with van der Waals surface area (Å²) >= 11 is 0. The van der Waals surface area contributed by atoms with E-state index in [-0.39, 0.29) is 6.61 Å². The molecule has 2 aliphatic rings. The molecule has 1 aromatic carbocycles. The molecule has 2 heterocycles. The molecular weight excluding hydrogens is 422 g/mol. The third-order valence-electron chi connectivity index (χ3n) is 5.16. The number of fused-ring (bicyclic) bond motifs is 1. The van der Waals surface area contributed by atoms with E-state index in [0.717, 1.165) is 0 Å². The fourth-order valence-corrected chi connectivity index (χ4v) is 3.68. The van der Waals surface area contributed by atoms with Crippen LogP contribution in [0.5, 0.6) is 0 Å². The molecule has 1 aromatic rings. The van der Waals surface area contributed by atoms with Crippen LogP contribution in [0, 0.1) is 0 Å². The second-order valence-corrected chi connectivity index (χ2v) is 8.10. The van der Waals surface area contributed by atoms with Crippen LogP contribution >= 0.6 is 0 Å². The molecule has 0 saturated carbocycles. The molecule has 0 bridgehead atoms. The molecular formula is C22H29NO9. The first-order valence-corrected chi connectivity index (χ1v) is 10.3.